The van der Waals surface area contributed by atoms with E-state index in [0.29, 0.717) is 12.1 Å². The quantitative estimate of drug-likeness (QED) is 0.603. The lowest BCUT2D eigenvalue weighted by atomic mass is 10.2. The molecular weight excluding hydrogens is 276 g/mol. The monoisotopic (exact) mass is 294 g/mol. The molecule has 0 radical (unpaired) electrons. The number of hydrogen-bond acceptors (Lipinski definition) is 4. The molecular formula is C14H18N2O3S. The summed E-state index contributed by atoms with van der Waals surface area (Å²) >= 11 is 0. The summed E-state index contributed by atoms with van der Waals surface area (Å²) in [6, 6.07) is 1.46. The van der Waals surface area contributed by atoms with Gasteiger partial charge in [0.25, 0.3) is 0 Å². The molecule has 6 heteroatoms. The van der Waals surface area contributed by atoms with Crippen molar-refractivity contribution in [2.45, 2.75) is 30.6 Å². The zero-order chi connectivity index (χ0) is 14.4. The van der Waals surface area contributed by atoms with Crippen LogP contribution in [0.2, 0.25) is 0 Å². The molecule has 5 nitrogen and oxygen atoms in total. The molecule has 0 aromatic carbocycles. The molecule has 1 aliphatic carbocycles. The summed E-state index contributed by atoms with van der Waals surface area (Å²) in [5.74, 6) is 5.91. The third-order valence-electron chi connectivity index (χ3n) is 3.11. The van der Waals surface area contributed by atoms with Gasteiger partial charge in [0.2, 0.25) is 10.0 Å². The van der Waals surface area contributed by atoms with E-state index in [-0.39, 0.29) is 11.5 Å². The Morgan fingerprint density at radius 3 is 2.90 bits per heavy atom. The molecule has 0 aliphatic heterocycles. The van der Waals surface area contributed by atoms with Crippen molar-refractivity contribution in [1.29, 1.82) is 0 Å². The van der Waals surface area contributed by atoms with Crippen molar-refractivity contribution in [3.63, 3.8) is 0 Å². The zero-order valence-electron chi connectivity index (χ0n) is 11.2. The molecule has 1 aromatic heterocycles. The van der Waals surface area contributed by atoms with Crippen LogP contribution in [0.5, 0.6) is 0 Å². The van der Waals surface area contributed by atoms with E-state index >= 15 is 0 Å². The Labute approximate surface area is 119 Å². The first-order valence-corrected chi connectivity index (χ1v) is 8.14. The Bertz CT molecular complexity index is 613. The third kappa shape index (κ3) is 4.60. The Hall–Kier alpha value is -1.42. The van der Waals surface area contributed by atoms with Gasteiger partial charge >= 0.3 is 0 Å². The number of hydrogen-bond donors (Lipinski definition) is 2. The second-order valence-corrected chi connectivity index (χ2v) is 6.62. The first kappa shape index (κ1) is 15.0. The van der Waals surface area contributed by atoms with Crippen molar-refractivity contribution in [2.75, 3.05) is 13.2 Å². The normalized spacial score (nSPS) is 14.7. The minimum absolute atomic E-state index is 0.105. The molecule has 0 amide bonds. The van der Waals surface area contributed by atoms with Gasteiger partial charge in [0.15, 0.2) is 0 Å². The second kappa shape index (κ2) is 6.84. The SMILES string of the molecule is O=S(=O)(NCCCC1CC1)c1cncc(C#CCO)c1. The maximum Gasteiger partial charge on any atom is 0.242 e. The lowest BCUT2D eigenvalue weighted by Gasteiger charge is -2.06. The molecule has 20 heavy (non-hydrogen) atoms. The van der Waals surface area contributed by atoms with E-state index in [2.05, 4.69) is 21.5 Å². The first-order chi connectivity index (χ1) is 9.62. The van der Waals surface area contributed by atoms with Gasteiger partial charge in [-0.25, -0.2) is 13.1 Å². The van der Waals surface area contributed by atoms with E-state index in [1.165, 1.54) is 31.3 Å². The van der Waals surface area contributed by atoms with Gasteiger partial charge < -0.3 is 5.11 Å². The highest BCUT2D eigenvalue weighted by atomic mass is 32.2. The van der Waals surface area contributed by atoms with E-state index in [1.54, 1.807) is 0 Å². The van der Waals surface area contributed by atoms with Gasteiger partial charge in [0.05, 0.1) is 0 Å². The number of nitrogens with zero attached hydrogens (tertiary/aromatic N) is 1. The Morgan fingerprint density at radius 1 is 1.40 bits per heavy atom. The van der Waals surface area contributed by atoms with Gasteiger partial charge in [0.1, 0.15) is 11.5 Å². The lowest BCUT2D eigenvalue weighted by Crippen LogP contribution is -2.25. The Morgan fingerprint density at radius 2 is 2.20 bits per heavy atom. The molecule has 1 aliphatic rings. The van der Waals surface area contributed by atoms with Gasteiger partial charge in [-0.1, -0.05) is 24.7 Å². The first-order valence-electron chi connectivity index (χ1n) is 6.66. The average molecular weight is 294 g/mol. The van der Waals surface area contributed by atoms with Crippen molar-refractivity contribution in [3.8, 4) is 11.8 Å². The molecule has 1 fully saturated rings. The molecule has 2 N–H and O–H groups in total. The van der Waals surface area contributed by atoms with Crippen LogP contribution < -0.4 is 4.72 Å². The van der Waals surface area contributed by atoms with E-state index < -0.39 is 10.0 Å². The van der Waals surface area contributed by atoms with Crippen LogP contribution in [0.15, 0.2) is 23.4 Å². The van der Waals surface area contributed by atoms with Crippen LogP contribution in [0.3, 0.4) is 0 Å². The van der Waals surface area contributed by atoms with Gasteiger partial charge in [-0.05, 0) is 24.8 Å². The van der Waals surface area contributed by atoms with Crippen molar-refractivity contribution < 1.29 is 13.5 Å². The van der Waals surface area contributed by atoms with Crippen LogP contribution in [0.1, 0.15) is 31.2 Å². The van der Waals surface area contributed by atoms with Gasteiger partial charge in [-0.3, -0.25) is 4.98 Å². The highest BCUT2D eigenvalue weighted by molar-refractivity contribution is 7.89. The predicted octanol–water partition coefficient (Wildman–Crippen LogP) is 0.894. The number of aliphatic hydroxyl groups is 1. The average Bonchev–Trinajstić information content (AvgIpc) is 3.26. The largest absolute Gasteiger partial charge is 0.384 e. The highest BCUT2D eigenvalue weighted by Crippen LogP contribution is 2.33. The summed E-state index contributed by atoms with van der Waals surface area (Å²) in [6.45, 7) is 0.182. The number of aromatic nitrogens is 1. The van der Waals surface area contributed by atoms with Crippen molar-refractivity contribution in [3.05, 3.63) is 24.0 Å². The molecule has 2 rings (SSSR count). The molecule has 1 heterocycles. The number of rotatable bonds is 6. The Kier molecular flexibility index (Phi) is 5.12. The number of nitrogens with one attached hydrogen (secondary N) is 1. The maximum atomic E-state index is 12.1. The zero-order valence-corrected chi connectivity index (χ0v) is 12.0. The minimum Gasteiger partial charge on any atom is -0.384 e. The van der Waals surface area contributed by atoms with Crippen LogP contribution in [-0.2, 0) is 10.0 Å². The van der Waals surface area contributed by atoms with Crippen LogP contribution in [0, 0.1) is 17.8 Å². The molecule has 1 aromatic rings. The molecule has 0 atom stereocenters. The van der Waals surface area contributed by atoms with Crippen molar-refractivity contribution >= 4 is 10.0 Å². The molecule has 0 saturated heterocycles. The number of pyridine rings is 1. The summed E-state index contributed by atoms with van der Waals surface area (Å²) in [5, 5.41) is 8.63. The number of sulfonamides is 1. The van der Waals surface area contributed by atoms with Crippen LogP contribution in [0.4, 0.5) is 0 Å². The fourth-order valence-corrected chi connectivity index (χ4v) is 2.92. The Balaban J connectivity index is 1.96. The summed E-state index contributed by atoms with van der Waals surface area (Å²) in [7, 11) is -3.53. The van der Waals surface area contributed by atoms with Gasteiger partial charge in [-0.15, -0.1) is 0 Å². The molecule has 0 bridgehead atoms. The maximum absolute atomic E-state index is 12.1. The van der Waals surface area contributed by atoms with E-state index in [1.807, 2.05) is 0 Å². The van der Waals surface area contributed by atoms with E-state index in [4.69, 9.17) is 5.11 Å². The van der Waals surface area contributed by atoms with E-state index in [0.717, 1.165) is 18.8 Å². The summed E-state index contributed by atoms with van der Waals surface area (Å²) in [4.78, 5) is 3.97. The minimum atomic E-state index is -3.53. The van der Waals surface area contributed by atoms with E-state index in [9.17, 15) is 8.42 Å². The lowest BCUT2D eigenvalue weighted by molar-refractivity contribution is 0.350. The fourth-order valence-electron chi connectivity index (χ4n) is 1.86. The van der Waals surface area contributed by atoms with Crippen molar-refractivity contribution in [2.24, 2.45) is 5.92 Å². The molecule has 108 valence electrons. The molecule has 0 unspecified atom stereocenters. The van der Waals surface area contributed by atoms with Crippen LogP contribution in [-0.4, -0.2) is 31.7 Å². The summed E-state index contributed by atoms with van der Waals surface area (Å²) < 4.78 is 26.7. The van der Waals surface area contributed by atoms with Gasteiger partial charge in [0, 0.05) is 24.5 Å². The summed E-state index contributed by atoms with van der Waals surface area (Å²) in [6.07, 6.45) is 7.27. The fraction of sp³-hybridized carbons (Fsp3) is 0.500. The van der Waals surface area contributed by atoms with Crippen molar-refractivity contribution in [1.82, 2.24) is 9.71 Å². The van der Waals surface area contributed by atoms with Gasteiger partial charge in [-0.2, -0.15) is 0 Å². The predicted molar refractivity (Wildman–Crippen MR) is 75.3 cm³/mol. The van der Waals surface area contributed by atoms with Crippen LogP contribution >= 0.6 is 0 Å². The number of aliphatic hydroxyl groups excluding tert-OH is 1. The molecule has 1 saturated carbocycles. The third-order valence-corrected chi connectivity index (χ3v) is 4.54. The molecule has 0 spiro atoms. The topological polar surface area (TPSA) is 79.3 Å². The smallest absolute Gasteiger partial charge is 0.242 e. The standard InChI is InChI=1S/C14H18N2O3S/c17-8-2-4-13-9-14(11-15-10-13)20(18,19)16-7-1-3-12-5-6-12/h9-12,16-17H,1,3,5-8H2. The second-order valence-electron chi connectivity index (χ2n) is 4.85. The highest BCUT2D eigenvalue weighted by Gasteiger charge is 2.21. The summed E-state index contributed by atoms with van der Waals surface area (Å²) in [5.41, 5.74) is 0.472. The van der Waals surface area contributed by atoms with Crippen LogP contribution in [0.25, 0.3) is 0 Å².